The zero-order valence-electron chi connectivity index (χ0n) is 16.2. The van der Waals surface area contributed by atoms with Gasteiger partial charge in [0.05, 0.1) is 11.7 Å². The molecular weight excluding hydrogens is 350 g/mol. The Morgan fingerprint density at radius 2 is 1.57 bits per heavy atom. The Labute approximate surface area is 165 Å². The van der Waals surface area contributed by atoms with Gasteiger partial charge in [-0.2, -0.15) is 5.10 Å². The topological polar surface area (TPSA) is 55.2 Å². The van der Waals surface area contributed by atoms with Crippen LogP contribution in [0.2, 0.25) is 0 Å². The molecule has 2 bridgehead atoms. The molecule has 1 saturated heterocycles. The van der Waals surface area contributed by atoms with Crippen molar-refractivity contribution in [2.45, 2.75) is 44.6 Å². The van der Waals surface area contributed by atoms with Crippen molar-refractivity contribution in [3.8, 4) is 11.3 Å². The molecule has 1 amide bonds. The predicted octanol–water partition coefficient (Wildman–Crippen LogP) is 3.51. The van der Waals surface area contributed by atoms with E-state index >= 15 is 0 Å². The summed E-state index contributed by atoms with van der Waals surface area (Å²) in [6, 6.07) is 13.6. The molecule has 5 heteroatoms. The second-order valence-corrected chi connectivity index (χ2v) is 8.68. The normalized spacial score (nSPS) is 27.3. The molecule has 146 valence electrons. The van der Waals surface area contributed by atoms with Crippen LogP contribution in [0.3, 0.4) is 0 Å². The summed E-state index contributed by atoms with van der Waals surface area (Å²) < 4.78 is 1.74. The fraction of sp³-hybridized carbons (Fsp3) is 0.522. The van der Waals surface area contributed by atoms with Gasteiger partial charge in [-0.1, -0.05) is 43.2 Å². The summed E-state index contributed by atoms with van der Waals surface area (Å²) in [5, 5.41) is 4.78. The van der Waals surface area contributed by atoms with Gasteiger partial charge in [0.25, 0.3) is 5.56 Å². The maximum Gasteiger partial charge on any atom is 0.267 e. The zero-order chi connectivity index (χ0) is 19.1. The number of carbonyl (C=O) groups is 1. The number of aromatic nitrogens is 2. The van der Waals surface area contributed by atoms with E-state index < -0.39 is 0 Å². The number of likely N-dealkylation sites (tertiary alicyclic amines) is 1. The van der Waals surface area contributed by atoms with E-state index in [1.165, 1.54) is 12.8 Å². The third kappa shape index (κ3) is 3.07. The van der Waals surface area contributed by atoms with Crippen molar-refractivity contribution in [2.75, 3.05) is 13.1 Å². The van der Waals surface area contributed by atoms with Gasteiger partial charge in [-0.3, -0.25) is 9.59 Å². The molecule has 28 heavy (non-hydrogen) atoms. The van der Waals surface area contributed by atoms with Gasteiger partial charge < -0.3 is 4.90 Å². The average molecular weight is 377 g/mol. The second kappa shape index (κ2) is 7.19. The smallest absolute Gasteiger partial charge is 0.267 e. The number of piperidine rings is 1. The summed E-state index contributed by atoms with van der Waals surface area (Å²) in [6.07, 6.45) is 6.61. The van der Waals surface area contributed by atoms with E-state index in [0.717, 1.165) is 50.0 Å². The van der Waals surface area contributed by atoms with Gasteiger partial charge in [-0.25, -0.2) is 4.68 Å². The minimum Gasteiger partial charge on any atom is -0.342 e. The Hall–Kier alpha value is -2.43. The Morgan fingerprint density at radius 3 is 2.21 bits per heavy atom. The summed E-state index contributed by atoms with van der Waals surface area (Å²) in [6.45, 7) is 1.56. The molecule has 1 aliphatic heterocycles. The van der Waals surface area contributed by atoms with Crippen molar-refractivity contribution in [3.05, 3.63) is 52.8 Å². The fourth-order valence-corrected chi connectivity index (χ4v) is 5.30. The average Bonchev–Trinajstić information content (AvgIpc) is 2.67. The molecule has 2 aromatic rings. The number of hydrogen-bond acceptors (Lipinski definition) is 3. The molecule has 5 nitrogen and oxygen atoms in total. The Morgan fingerprint density at radius 1 is 0.893 bits per heavy atom. The van der Waals surface area contributed by atoms with Gasteiger partial charge in [-0.15, -0.1) is 0 Å². The SMILES string of the molecule is O=C(C1CCC1)N1CC2CCCC(C1)C2n1nc(-c2ccccc2)ccc1=O. The van der Waals surface area contributed by atoms with Gasteiger partial charge in [-0.05, 0) is 43.6 Å². The standard InChI is InChI=1S/C23H27N3O2/c27-21-13-12-20(16-6-2-1-3-7-16)24-26(21)22-18-10-5-11-19(22)15-25(14-18)23(28)17-8-4-9-17/h1-3,6-7,12-13,17-19,22H,4-5,8-11,14-15H2. The van der Waals surface area contributed by atoms with Crippen LogP contribution in [-0.4, -0.2) is 33.7 Å². The van der Waals surface area contributed by atoms with Crippen molar-refractivity contribution in [3.63, 3.8) is 0 Å². The second-order valence-electron chi connectivity index (χ2n) is 8.68. The van der Waals surface area contributed by atoms with Crippen LogP contribution in [0.4, 0.5) is 0 Å². The number of hydrogen-bond donors (Lipinski definition) is 0. The summed E-state index contributed by atoms with van der Waals surface area (Å²) in [4.78, 5) is 27.6. The highest BCUT2D eigenvalue weighted by Gasteiger charge is 2.44. The lowest BCUT2D eigenvalue weighted by molar-refractivity contribution is -0.143. The summed E-state index contributed by atoms with van der Waals surface area (Å²) in [5.74, 6) is 1.25. The molecule has 0 radical (unpaired) electrons. The van der Waals surface area contributed by atoms with E-state index in [4.69, 9.17) is 5.10 Å². The predicted molar refractivity (Wildman–Crippen MR) is 108 cm³/mol. The Balaban J connectivity index is 1.45. The van der Waals surface area contributed by atoms with Crippen molar-refractivity contribution >= 4 is 5.91 Å². The largest absolute Gasteiger partial charge is 0.342 e. The van der Waals surface area contributed by atoms with Crippen molar-refractivity contribution < 1.29 is 4.79 Å². The molecule has 1 aromatic heterocycles. The molecule has 2 atom stereocenters. The summed E-state index contributed by atoms with van der Waals surface area (Å²) in [5.41, 5.74) is 1.84. The lowest BCUT2D eigenvalue weighted by atomic mass is 9.72. The number of fused-ring (bicyclic) bond motifs is 2. The van der Waals surface area contributed by atoms with Crippen molar-refractivity contribution in [1.29, 1.82) is 0 Å². The molecule has 2 heterocycles. The first-order valence-electron chi connectivity index (χ1n) is 10.6. The molecule has 0 spiro atoms. The lowest BCUT2D eigenvalue weighted by Gasteiger charge is -2.48. The molecule has 3 fully saturated rings. The van der Waals surface area contributed by atoms with Crippen LogP contribution in [0.15, 0.2) is 47.3 Å². The molecule has 2 saturated carbocycles. The first kappa shape index (κ1) is 17.7. The molecule has 1 aromatic carbocycles. The zero-order valence-corrected chi connectivity index (χ0v) is 16.2. The quantitative estimate of drug-likeness (QED) is 0.822. The number of benzene rings is 1. The van der Waals surface area contributed by atoms with E-state index in [0.29, 0.717) is 17.7 Å². The van der Waals surface area contributed by atoms with Crippen LogP contribution < -0.4 is 5.56 Å². The highest BCUT2D eigenvalue weighted by molar-refractivity contribution is 5.79. The van der Waals surface area contributed by atoms with Crippen LogP contribution in [0.25, 0.3) is 11.3 Å². The molecule has 2 unspecified atom stereocenters. The van der Waals surface area contributed by atoms with Gasteiger partial charge >= 0.3 is 0 Å². The van der Waals surface area contributed by atoms with Gasteiger partial charge in [0.1, 0.15) is 0 Å². The minimum atomic E-state index is -0.0275. The molecule has 2 aliphatic carbocycles. The molecule has 5 rings (SSSR count). The fourth-order valence-electron chi connectivity index (χ4n) is 5.30. The number of amides is 1. The molecular formula is C23H27N3O2. The third-order valence-electron chi connectivity index (χ3n) is 6.97. The van der Waals surface area contributed by atoms with Gasteiger partial charge in [0.2, 0.25) is 5.91 Å². The van der Waals surface area contributed by atoms with E-state index in [9.17, 15) is 9.59 Å². The first-order chi connectivity index (χ1) is 13.7. The maximum atomic E-state index is 12.8. The lowest BCUT2D eigenvalue weighted by Crippen LogP contribution is -2.54. The van der Waals surface area contributed by atoms with Gasteiger partial charge in [0, 0.05) is 30.6 Å². The highest BCUT2D eigenvalue weighted by atomic mass is 16.2. The van der Waals surface area contributed by atoms with Gasteiger partial charge in [0.15, 0.2) is 0 Å². The van der Waals surface area contributed by atoms with E-state index in [1.54, 1.807) is 10.7 Å². The van der Waals surface area contributed by atoms with Crippen LogP contribution in [0, 0.1) is 17.8 Å². The Bertz CT molecular complexity index is 905. The van der Waals surface area contributed by atoms with Crippen molar-refractivity contribution in [1.82, 2.24) is 14.7 Å². The van der Waals surface area contributed by atoms with Crippen LogP contribution >= 0.6 is 0 Å². The molecule has 3 aliphatic rings. The number of nitrogens with zero attached hydrogens (tertiary/aromatic N) is 3. The van der Waals surface area contributed by atoms with E-state index in [2.05, 4.69) is 4.90 Å². The maximum absolute atomic E-state index is 12.8. The van der Waals surface area contributed by atoms with Crippen molar-refractivity contribution in [2.24, 2.45) is 17.8 Å². The van der Waals surface area contributed by atoms with Crippen LogP contribution in [-0.2, 0) is 4.79 Å². The minimum absolute atomic E-state index is 0.0275. The highest BCUT2D eigenvalue weighted by Crippen LogP contribution is 2.43. The van der Waals surface area contributed by atoms with Crippen LogP contribution in [0.1, 0.15) is 44.6 Å². The van der Waals surface area contributed by atoms with E-state index in [-0.39, 0.29) is 17.5 Å². The monoisotopic (exact) mass is 377 g/mol. The van der Waals surface area contributed by atoms with E-state index in [1.807, 2.05) is 36.4 Å². The van der Waals surface area contributed by atoms with Crippen LogP contribution in [0.5, 0.6) is 0 Å². The molecule has 0 N–H and O–H groups in total. The first-order valence-corrected chi connectivity index (χ1v) is 10.6. The summed E-state index contributed by atoms with van der Waals surface area (Å²) in [7, 11) is 0. The summed E-state index contributed by atoms with van der Waals surface area (Å²) >= 11 is 0. The Kier molecular flexibility index (Phi) is 4.53. The number of rotatable bonds is 3. The third-order valence-corrected chi connectivity index (χ3v) is 6.97. The number of carbonyl (C=O) groups excluding carboxylic acids is 1.